The van der Waals surface area contributed by atoms with Gasteiger partial charge in [0.15, 0.2) is 0 Å². The van der Waals surface area contributed by atoms with Crippen molar-refractivity contribution < 1.29 is 5.11 Å². The molecule has 2 aromatic rings. The monoisotopic (exact) mass is 175 g/mol. The highest BCUT2D eigenvalue weighted by Crippen LogP contribution is 2.32. The first-order valence-electron chi connectivity index (χ1n) is 3.42. The Labute approximate surface area is 73.3 Å². The number of benzene rings is 1. The summed E-state index contributed by atoms with van der Waals surface area (Å²) in [7, 11) is 0. The van der Waals surface area contributed by atoms with Gasteiger partial charge in [-0.1, -0.05) is 6.07 Å². The molecule has 1 heterocycles. The fraction of sp³-hybridized carbons (Fsp3) is 0. The van der Waals surface area contributed by atoms with Crippen molar-refractivity contribution in [3.63, 3.8) is 0 Å². The Bertz CT molecular complexity index is 467. The van der Waals surface area contributed by atoms with Crippen molar-refractivity contribution in [2.75, 3.05) is 0 Å². The second-order valence-corrected chi connectivity index (χ2v) is 3.32. The second kappa shape index (κ2) is 2.50. The summed E-state index contributed by atoms with van der Waals surface area (Å²) in [5.41, 5.74) is 0.549. The van der Waals surface area contributed by atoms with E-state index in [-0.39, 0.29) is 5.75 Å². The number of nitrogens with zero attached hydrogens (tertiary/aromatic N) is 1. The molecule has 1 N–H and O–H groups in total. The highest BCUT2D eigenvalue weighted by Gasteiger charge is 2.06. The summed E-state index contributed by atoms with van der Waals surface area (Å²) in [5, 5.41) is 20.5. The van der Waals surface area contributed by atoms with Crippen LogP contribution in [0.15, 0.2) is 23.6 Å². The zero-order valence-electron chi connectivity index (χ0n) is 6.11. The molecule has 0 spiro atoms. The maximum atomic E-state index is 9.43. The smallest absolute Gasteiger partial charge is 0.125 e. The summed E-state index contributed by atoms with van der Waals surface area (Å²) in [6.45, 7) is 0. The van der Waals surface area contributed by atoms with Gasteiger partial charge in [0, 0.05) is 10.1 Å². The van der Waals surface area contributed by atoms with Gasteiger partial charge in [-0.05, 0) is 12.1 Å². The molecule has 1 aromatic carbocycles. The Morgan fingerprint density at radius 1 is 1.42 bits per heavy atom. The zero-order chi connectivity index (χ0) is 8.55. The van der Waals surface area contributed by atoms with Gasteiger partial charge in [0.25, 0.3) is 0 Å². The van der Waals surface area contributed by atoms with Gasteiger partial charge in [-0.3, -0.25) is 0 Å². The van der Waals surface area contributed by atoms with Gasteiger partial charge in [-0.2, -0.15) is 5.26 Å². The number of thiophene rings is 1. The summed E-state index contributed by atoms with van der Waals surface area (Å²) >= 11 is 1.47. The van der Waals surface area contributed by atoms with Crippen molar-refractivity contribution in [2.24, 2.45) is 0 Å². The van der Waals surface area contributed by atoms with Gasteiger partial charge in [-0.25, -0.2) is 0 Å². The molecule has 1 aromatic heterocycles. The molecule has 0 amide bonds. The van der Waals surface area contributed by atoms with E-state index in [1.165, 1.54) is 11.3 Å². The third kappa shape index (κ3) is 0.858. The number of aromatic hydroxyl groups is 1. The predicted octanol–water partition coefficient (Wildman–Crippen LogP) is 2.48. The summed E-state index contributed by atoms with van der Waals surface area (Å²) in [6.07, 6.45) is 0. The Morgan fingerprint density at radius 3 is 3.00 bits per heavy atom. The van der Waals surface area contributed by atoms with Crippen molar-refractivity contribution in [2.45, 2.75) is 0 Å². The molecule has 2 nitrogen and oxygen atoms in total. The molecule has 0 bridgehead atoms. The topological polar surface area (TPSA) is 44.0 Å². The molecule has 0 aliphatic carbocycles. The van der Waals surface area contributed by atoms with E-state index in [2.05, 4.69) is 0 Å². The molecule has 2 rings (SSSR count). The first-order valence-corrected chi connectivity index (χ1v) is 4.30. The van der Waals surface area contributed by atoms with E-state index in [0.717, 1.165) is 4.70 Å². The molecule has 3 heteroatoms. The minimum absolute atomic E-state index is 0.185. The lowest BCUT2D eigenvalue weighted by molar-refractivity contribution is 0.481. The van der Waals surface area contributed by atoms with Crippen LogP contribution >= 0.6 is 11.3 Å². The van der Waals surface area contributed by atoms with Crippen LogP contribution in [-0.2, 0) is 0 Å². The van der Waals surface area contributed by atoms with E-state index in [4.69, 9.17) is 5.26 Å². The van der Waals surface area contributed by atoms with E-state index >= 15 is 0 Å². The molecule has 0 unspecified atom stereocenters. The summed E-state index contributed by atoms with van der Waals surface area (Å²) < 4.78 is 0.951. The average Bonchev–Trinajstić information content (AvgIpc) is 2.49. The Hall–Kier alpha value is -1.53. The van der Waals surface area contributed by atoms with Crippen LogP contribution in [0.25, 0.3) is 10.1 Å². The van der Waals surface area contributed by atoms with Gasteiger partial charge in [0.2, 0.25) is 0 Å². The average molecular weight is 175 g/mol. The molecule has 0 aliphatic rings. The number of rotatable bonds is 0. The molecule has 0 aliphatic heterocycles. The van der Waals surface area contributed by atoms with Crippen molar-refractivity contribution in [3.05, 3.63) is 29.1 Å². The van der Waals surface area contributed by atoms with Crippen molar-refractivity contribution >= 4 is 21.4 Å². The van der Waals surface area contributed by atoms with Gasteiger partial charge >= 0.3 is 0 Å². The molecule has 0 atom stereocenters. The van der Waals surface area contributed by atoms with Crippen LogP contribution in [0.1, 0.15) is 5.56 Å². The van der Waals surface area contributed by atoms with Crippen LogP contribution < -0.4 is 0 Å². The first-order chi connectivity index (χ1) is 5.83. The van der Waals surface area contributed by atoms with Crippen LogP contribution in [0.3, 0.4) is 0 Å². The predicted molar refractivity (Wildman–Crippen MR) is 48.2 cm³/mol. The number of phenolic OH excluding ortho intramolecular Hbond substituents is 1. The van der Waals surface area contributed by atoms with Crippen molar-refractivity contribution in [3.8, 4) is 11.8 Å². The van der Waals surface area contributed by atoms with Crippen molar-refractivity contribution in [1.82, 2.24) is 0 Å². The number of hydrogen-bond acceptors (Lipinski definition) is 3. The molecular formula is C9H5NOS. The molecule has 0 saturated heterocycles. The third-order valence-corrected chi connectivity index (χ3v) is 2.65. The normalized spacial score (nSPS) is 9.92. The molecule has 12 heavy (non-hydrogen) atoms. The minimum Gasteiger partial charge on any atom is -0.507 e. The summed E-state index contributed by atoms with van der Waals surface area (Å²) in [5.74, 6) is 0.185. The maximum Gasteiger partial charge on any atom is 0.125 e. The van der Waals surface area contributed by atoms with E-state index in [1.54, 1.807) is 17.5 Å². The molecule has 0 radical (unpaired) electrons. The molecule has 58 valence electrons. The van der Waals surface area contributed by atoms with Gasteiger partial charge in [0.05, 0.1) is 10.9 Å². The van der Waals surface area contributed by atoms with Gasteiger partial charge in [-0.15, -0.1) is 11.3 Å². The first kappa shape index (κ1) is 7.14. The fourth-order valence-corrected chi connectivity index (χ4v) is 2.06. The van der Waals surface area contributed by atoms with Gasteiger partial charge < -0.3 is 5.11 Å². The zero-order valence-corrected chi connectivity index (χ0v) is 6.93. The lowest BCUT2D eigenvalue weighted by Crippen LogP contribution is -1.70. The van der Waals surface area contributed by atoms with Crippen LogP contribution in [-0.4, -0.2) is 5.11 Å². The van der Waals surface area contributed by atoms with Crippen LogP contribution in [0.5, 0.6) is 5.75 Å². The fourth-order valence-electron chi connectivity index (χ4n) is 1.15. The maximum absolute atomic E-state index is 9.43. The van der Waals surface area contributed by atoms with Crippen LogP contribution in [0.4, 0.5) is 0 Å². The highest BCUT2D eigenvalue weighted by molar-refractivity contribution is 7.17. The molecule has 0 saturated carbocycles. The highest BCUT2D eigenvalue weighted by atomic mass is 32.1. The third-order valence-electron chi connectivity index (χ3n) is 1.70. The van der Waals surface area contributed by atoms with E-state index < -0.39 is 0 Å². The quantitative estimate of drug-likeness (QED) is 0.668. The van der Waals surface area contributed by atoms with E-state index in [9.17, 15) is 5.11 Å². The number of hydrogen-bond donors (Lipinski definition) is 1. The summed E-state index contributed by atoms with van der Waals surface area (Å²) in [6, 6.07) is 7.30. The van der Waals surface area contributed by atoms with E-state index in [0.29, 0.717) is 10.9 Å². The lowest BCUT2D eigenvalue weighted by atomic mass is 10.2. The van der Waals surface area contributed by atoms with Crippen LogP contribution in [0, 0.1) is 11.3 Å². The summed E-state index contributed by atoms with van der Waals surface area (Å²) in [4.78, 5) is 0. The second-order valence-electron chi connectivity index (χ2n) is 2.41. The Morgan fingerprint density at radius 2 is 2.25 bits per heavy atom. The van der Waals surface area contributed by atoms with Crippen molar-refractivity contribution in [1.29, 1.82) is 5.26 Å². The Kier molecular flexibility index (Phi) is 1.49. The SMILES string of the molecule is N#Cc1csc2cccc(O)c12. The minimum atomic E-state index is 0.185. The van der Waals surface area contributed by atoms with E-state index in [1.807, 2.05) is 12.1 Å². The number of fused-ring (bicyclic) bond motifs is 1. The number of nitriles is 1. The molecular weight excluding hydrogens is 170 g/mol. The van der Waals surface area contributed by atoms with Gasteiger partial charge in [0.1, 0.15) is 11.8 Å². The van der Waals surface area contributed by atoms with Crippen LogP contribution in [0.2, 0.25) is 0 Å². The standard InChI is InChI=1S/C9H5NOS/c10-4-6-5-12-8-3-1-2-7(11)9(6)8/h1-3,5,11H. The lowest BCUT2D eigenvalue weighted by Gasteiger charge is -1.92. The number of phenols is 1. The molecule has 0 fully saturated rings. The Balaban J connectivity index is 2.95. The largest absolute Gasteiger partial charge is 0.507 e.